The Labute approximate surface area is 132 Å². The van der Waals surface area contributed by atoms with E-state index in [1.807, 2.05) is 30.0 Å². The fraction of sp³-hybridized carbons (Fsp3) is 0.118. The number of benzene rings is 2. The number of aromatic nitrogens is 1. The molecule has 1 aromatic heterocycles. The fourth-order valence-electron chi connectivity index (χ4n) is 2.55. The van der Waals surface area contributed by atoms with E-state index in [0.29, 0.717) is 0 Å². The first-order chi connectivity index (χ1) is 10.3. The van der Waals surface area contributed by atoms with Crippen molar-refractivity contribution in [2.24, 2.45) is 5.73 Å². The minimum atomic E-state index is -0.140. The second-order valence-corrected chi connectivity index (χ2v) is 7.13. The molecule has 0 saturated carbocycles. The van der Waals surface area contributed by atoms with Crippen molar-refractivity contribution in [3.63, 3.8) is 0 Å². The summed E-state index contributed by atoms with van der Waals surface area (Å²) in [6.45, 7) is 0. The number of nitrogens with two attached hydrogens (primary N) is 1. The minimum Gasteiger partial charge on any atom is -0.318 e. The number of hydrogen-bond acceptors (Lipinski definition) is 4. The molecule has 1 aliphatic heterocycles. The van der Waals surface area contributed by atoms with Gasteiger partial charge in [0.25, 0.3) is 0 Å². The molecular formula is C17H14N2S2. The van der Waals surface area contributed by atoms with Crippen molar-refractivity contribution in [2.75, 3.05) is 0 Å². The Hall–Kier alpha value is -1.62. The second kappa shape index (κ2) is 5.30. The van der Waals surface area contributed by atoms with Crippen LogP contribution in [0.15, 0.2) is 59.5 Å². The number of thiazole rings is 1. The van der Waals surface area contributed by atoms with Crippen LogP contribution in [0.3, 0.4) is 0 Å². The average Bonchev–Trinajstić information content (AvgIpc) is 2.99. The lowest BCUT2D eigenvalue weighted by Crippen LogP contribution is -2.11. The molecule has 3 aromatic rings. The number of hydrogen-bond donors (Lipinski definition) is 1. The van der Waals surface area contributed by atoms with E-state index in [-0.39, 0.29) is 6.04 Å². The molecule has 1 atom stereocenters. The summed E-state index contributed by atoms with van der Waals surface area (Å²) in [7, 11) is 0. The molecule has 1 unspecified atom stereocenters. The fourth-order valence-corrected chi connectivity index (χ4v) is 4.78. The molecule has 2 heterocycles. The predicted octanol–water partition coefficient (Wildman–Crippen LogP) is 4.46. The summed E-state index contributed by atoms with van der Waals surface area (Å²) in [5.74, 6) is 0.992. The number of fused-ring (bicyclic) bond motifs is 3. The summed E-state index contributed by atoms with van der Waals surface area (Å²) in [5, 5.41) is 1.00. The van der Waals surface area contributed by atoms with Crippen LogP contribution in [0.25, 0.3) is 11.3 Å². The Morgan fingerprint density at radius 1 is 1.00 bits per heavy atom. The normalized spacial score (nSPS) is 14.3. The monoisotopic (exact) mass is 310 g/mol. The van der Waals surface area contributed by atoms with E-state index < -0.39 is 0 Å². The molecule has 4 rings (SSSR count). The molecule has 1 aliphatic rings. The molecule has 2 N–H and O–H groups in total. The minimum absolute atomic E-state index is 0.140. The second-order valence-electron chi connectivity index (χ2n) is 5.00. The third kappa shape index (κ3) is 2.29. The van der Waals surface area contributed by atoms with Gasteiger partial charge < -0.3 is 5.73 Å². The van der Waals surface area contributed by atoms with E-state index in [2.05, 4.69) is 36.4 Å². The van der Waals surface area contributed by atoms with E-state index in [4.69, 9.17) is 10.7 Å². The van der Waals surface area contributed by atoms with Crippen molar-refractivity contribution in [2.45, 2.75) is 16.7 Å². The molecular weight excluding hydrogens is 296 g/mol. The highest BCUT2D eigenvalue weighted by atomic mass is 32.2. The average molecular weight is 310 g/mol. The van der Waals surface area contributed by atoms with Gasteiger partial charge in [0.1, 0.15) is 5.01 Å². The molecule has 4 heteroatoms. The first-order valence-corrected chi connectivity index (χ1v) is 8.65. The third-order valence-electron chi connectivity index (χ3n) is 3.64. The summed E-state index contributed by atoms with van der Waals surface area (Å²) in [4.78, 5) is 7.50. The quantitative estimate of drug-likeness (QED) is 0.759. The maximum atomic E-state index is 6.39. The highest BCUT2D eigenvalue weighted by Crippen LogP contribution is 2.44. The highest BCUT2D eigenvalue weighted by molar-refractivity contribution is 7.98. The van der Waals surface area contributed by atoms with Crippen molar-refractivity contribution < 1.29 is 0 Å². The van der Waals surface area contributed by atoms with Crippen molar-refractivity contribution in [3.05, 3.63) is 70.0 Å². The molecule has 0 amide bonds. The molecule has 21 heavy (non-hydrogen) atoms. The summed E-state index contributed by atoms with van der Waals surface area (Å²) in [6, 6.07) is 18.5. The highest BCUT2D eigenvalue weighted by Gasteiger charge is 2.23. The number of thioether (sulfide) groups is 1. The number of rotatable bonds is 2. The Bertz CT molecular complexity index is 780. The van der Waals surface area contributed by atoms with E-state index in [1.165, 1.54) is 15.3 Å². The van der Waals surface area contributed by atoms with Gasteiger partial charge in [-0.3, -0.25) is 0 Å². The van der Waals surface area contributed by atoms with Gasteiger partial charge in [-0.15, -0.1) is 23.1 Å². The zero-order valence-corrected chi connectivity index (χ0v) is 13.0. The van der Waals surface area contributed by atoms with Gasteiger partial charge in [-0.2, -0.15) is 0 Å². The van der Waals surface area contributed by atoms with Crippen LogP contribution in [0.1, 0.15) is 21.5 Å². The largest absolute Gasteiger partial charge is 0.318 e. The molecule has 0 aliphatic carbocycles. The predicted molar refractivity (Wildman–Crippen MR) is 89.6 cm³/mol. The summed E-state index contributed by atoms with van der Waals surface area (Å²) in [6.07, 6.45) is 0. The smallest absolute Gasteiger partial charge is 0.115 e. The molecule has 2 nitrogen and oxygen atoms in total. The van der Waals surface area contributed by atoms with Crippen LogP contribution in [-0.4, -0.2) is 4.98 Å². The van der Waals surface area contributed by atoms with Crippen LogP contribution in [0, 0.1) is 0 Å². The molecule has 0 bridgehead atoms. The number of nitrogens with zero attached hydrogens (tertiary/aromatic N) is 1. The zero-order valence-electron chi connectivity index (χ0n) is 11.3. The lowest BCUT2D eigenvalue weighted by molar-refractivity contribution is 0.858. The Balaban J connectivity index is 1.77. The molecule has 0 fully saturated rings. The van der Waals surface area contributed by atoms with E-state index in [9.17, 15) is 0 Å². The summed E-state index contributed by atoms with van der Waals surface area (Å²) >= 11 is 3.63. The van der Waals surface area contributed by atoms with Crippen LogP contribution in [-0.2, 0) is 5.75 Å². The molecule has 0 saturated heterocycles. The van der Waals surface area contributed by atoms with Crippen LogP contribution < -0.4 is 5.73 Å². The zero-order chi connectivity index (χ0) is 14.2. The van der Waals surface area contributed by atoms with E-state index in [0.717, 1.165) is 22.0 Å². The Morgan fingerprint density at radius 3 is 2.62 bits per heavy atom. The SMILES string of the molecule is NC(c1ccccc1)c1nc2c(s1)CSc1ccccc1-2. The molecule has 0 spiro atoms. The van der Waals surface area contributed by atoms with Crippen LogP contribution in [0.5, 0.6) is 0 Å². The van der Waals surface area contributed by atoms with E-state index in [1.54, 1.807) is 11.3 Å². The lowest BCUT2D eigenvalue weighted by atomic mass is 10.1. The first-order valence-electron chi connectivity index (χ1n) is 6.85. The van der Waals surface area contributed by atoms with Crippen molar-refractivity contribution in [1.82, 2.24) is 4.98 Å². The standard InChI is InChI=1S/C17H14N2S2/c18-15(11-6-2-1-3-7-11)17-19-16-12-8-4-5-9-13(12)20-10-14(16)21-17/h1-9,15H,10,18H2. The summed E-state index contributed by atoms with van der Waals surface area (Å²) in [5.41, 5.74) is 9.87. The van der Waals surface area contributed by atoms with Gasteiger partial charge in [-0.05, 0) is 11.6 Å². The van der Waals surface area contributed by atoms with Crippen LogP contribution in [0.4, 0.5) is 0 Å². The maximum Gasteiger partial charge on any atom is 0.115 e. The van der Waals surface area contributed by atoms with Gasteiger partial charge in [0, 0.05) is 21.1 Å². The lowest BCUT2D eigenvalue weighted by Gasteiger charge is -2.13. The molecule has 2 aromatic carbocycles. The van der Waals surface area contributed by atoms with Crippen molar-refractivity contribution in [1.29, 1.82) is 0 Å². The van der Waals surface area contributed by atoms with Gasteiger partial charge in [0.15, 0.2) is 0 Å². The topological polar surface area (TPSA) is 38.9 Å². The van der Waals surface area contributed by atoms with Gasteiger partial charge in [0.05, 0.1) is 11.7 Å². The van der Waals surface area contributed by atoms with E-state index >= 15 is 0 Å². The van der Waals surface area contributed by atoms with Gasteiger partial charge >= 0.3 is 0 Å². The van der Waals surface area contributed by atoms with Gasteiger partial charge in [-0.1, -0.05) is 48.5 Å². The van der Waals surface area contributed by atoms with Crippen molar-refractivity contribution in [3.8, 4) is 11.3 Å². The van der Waals surface area contributed by atoms with Crippen LogP contribution in [0.2, 0.25) is 0 Å². The molecule has 0 radical (unpaired) electrons. The van der Waals surface area contributed by atoms with Gasteiger partial charge in [0.2, 0.25) is 0 Å². The Morgan fingerprint density at radius 2 is 1.76 bits per heavy atom. The Kier molecular flexibility index (Phi) is 3.30. The molecule has 104 valence electrons. The first kappa shape index (κ1) is 13.1. The van der Waals surface area contributed by atoms with Crippen LogP contribution >= 0.6 is 23.1 Å². The van der Waals surface area contributed by atoms with Crippen molar-refractivity contribution >= 4 is 23.1 Å². The van der Waals surface area contributed by atoms with Gasteiger partial charge in [-0.25, -0.2) is 4.98 Å². The maximum absolute atomic E-state index is 6.39. The third-order valence-corrected chi connectivity index (χ3v) is 6.06. The summed E-state index contributed by atoms with van der Waals surface area (Å²) < 4.78 is 0.